The third kappa shape index (κ3) is 2.43. The van der Waals surface area contributed by atoms with Gasteiger partial charge in [0.05, 0.1) is 13.2 Å². The molecule has 1 aromatic rings. The van der Waals surface area contributed by atoms with Crippen LogP contribution in [0.1, 0.15) is 32.3 Å². The standard InChI is InChI=1S/C14H20FNO2/c1-3-17-12-6-5-10(7-13(12)18-4-2)14(15)8-11(16)9-14/h5-7,11H,3-4,8-9,16H2,1-2H3. The summed E-state index contributed by atoms with van der Waals surface area (Å²) in [5.41, 5.74) is 5.01. The Hall–Kier alpha value is -1.29. The molecule has 100 valence electrons. The Morgan fingerprint density at radius 2 is 1.83 bits per heavy atom. The Kier molecular flexibility index (Phi) is 3.76. The van der Waals surface area contributed by atoms with Gasteiger partial charge in [-0.25, -0.2) is 4.39 Å². The number of rotatable bonds is 5. The molecule has 0 spiro atoms. The number of hydrogen-bond donors (Lipinski definition) is 1. The first kappa shape index (κ1) is 13.1. The second-order valence-electron chi connectivity index (χ2n) is 4.66. The van der Waals surface area contributed by atoms with Gasteiger partial charge < -0.3 is 15.2 Å². The lowest BCUT2D eigenvalue weighted by Gasteiger charge is -2.39. The van der Waals surface area contributed by atoms with E-state index < -0.39 is 5.67 Å². The summed E-state index contributed by atoms with van der Waals surface area (Å²) in [6.45, 7) is 4.89. The Morgan fingerprint density at radius 3 is 2.39 bits per heavy atom. The molecule has 3 nitrogen and oxygen atoms in total. The van der Waals surface area contributed by atoms with Crippen molar-refractivity contribution in [2.24, 2.45) is 5.73 Å². The zero-order valence-corrected chi connectivity index (χ0v) is 10.9. The molecule has 2 rings (SSSR count). The van der Waals surface area contributed by atoms with Gasteiger partial charge in [0, 0.05) is 18.9 Å². The predicted molar refractivity (Wildman–Crippen MR) is 68.8 cm³/mol. The van der Waals surface area contributed by atoms with E-state index >= 15 is 0 Å². The molecule has 4 heteroatoms. The Balaban J connectivity index is 2.25. The van der Waals surface area contributed by atoms with Crippen molar-refractivity contribution >= 4 is 0 Å². The molecule has 0 amide bonds. The number of ether oxygens (including phenoxy) is 2. The van der Waals surface area contributed by atoms with Gasteiger partial charge in [0.15, 0.2) is 11.5 Å². The molecule has 18 heavy (non-hydrogen) atoms. The van der Waals surface area contributed by atoms with Crippen LogP contribution in [0.4, 0.5) is 4.39 Å². The van der Waals surface area contributed by atoms with Crippen LogP contribution in [0.25, 0.3) is 0 Å². The minimum Gasteiger partial charge on any atom is -0.490 e. The van der Waals surface area contributed by atoms with Crippen LogP contribution < -0.4 is 15.2 Å². The summed E-state index contributed by atoms with van der Waals surface area (Å²) in [5.74, 6) is 1.27. The second-order valence-corrected chi connectivity index (χ2v) is 4.66. The topological polar surface area (TPSA) is 44.5 Å². The fourth-order valence-corrected chi connectivity index (χ4v) is 2.34. The van der Waals surface area contributed by atoms with Crippen LogP contribution in [-0.2, 0) is 5.67 Å². The quantitative estimate of drug-likeness (QED) is 0.877. The molecule has 0 heterocycles. The van der Waals surface area contributed by atoms with E-state index in [0.717, 1.165) is 0 Å². The maximum Gasteiger partial charge on any atom is 0.161 e. The molecule has 0 aliphatic heterocycles. The molecule has 0 unspecified atom stereocenters. The highest BCUT2D eigenvalue weighted by Gasteiger charge is 2.44. The summed E-state index contributed by atoms with van der Waals surface area (Å²) >= 11 is 0. The summed E-state index contributed by atoms with van der Waals surface area (Å²) in [4.78, 5) is 0. The molecule has 1 aliphatic carbocycles. The Morgan fingerprint density at radius 1 is 1.22 bits per heavy atom. The van der Waals surface area contributed by atoms with Crippen LogP contribution in [0.3, 0.4) is 0 Å². The third-order valence-electron chi connectivity index (χ3n) is 3.23. The van der Waals surface area contributed by atoms with Crippen molar-refractivity contribution in [2.45, 2.75) is 38.4 Å². The highest BCUT2D eigenvalue weighted by atomic mass is 19.1. The van der Waals surface area contributed by atoms with E-state index in [-0.39, 0.29) is 6.04 Å². The molecular formula is C14H20FNO2. The lowest BCUT2D eigenvalue weighted by Crippen LogP contribution is -2.46. The van der Waals surface area contributed by atoms with E-state index in [1.807, 2.05) is 13.8 Å². The Labute approximate surface area is 107 Å². The first-order chi connectivity index (χ1) is 8.59. The van der Waals surface area contributed by atoms with Crippen molar-refractivity contribution in [3.05, 3.63) is 23.8 Å². The molecule has 1 aromatic carbocycles. The van der Waals surface area contributed by atoms with Crippen LogP contribution in [0.2, 0.25) is 0 Å². The summed E-state index contributed by atoms with van der Waals surface area (Å²) in [6.07, 6.45) is 0.763. The molecule has 0 radical (unpaired) electrons. The van der Waals surface area contributed by atoms with Crippen molar-refractivity contribution < 1.29 is 13.9 Å². The molecular weight excluding hydrogens is 233 g/mol. The van der Waals surface area contributed by atoms with E-state index in [1.54, 1.807) is 18.2 Å². The number of hydrogen-bond acceptors (Lipinski definition) is 3. The smallest absolute Gasteiger partial charge is 0.161 e. The predicted octanol–water partition coefficient (Wildman–Crippen LogP) is 2.77. The van der Waals surface area contributed by atoms with Crippen molar-refractivity contribution in [3.63, 3.8) is 0 Å². The van der Waals surface area contributed by atoms with E-state index in [1.165, 1.54) is 0 Å². The fourth-order valence-electron chi connectivity index (χ4n) is 2.34. The first-order valence-corrected chi connectivity index (χ1v) is 6.43. The summed E-state index contributed by atoms with van der Waals surface area (Å²) < 4.78 is 25.4. The lowest BCUT2D eigenvalue weighted by molar-refractivity contribution is 0.0402. The zero-order chi connectivity index (χ0) is 13.2. The SMILES string of the molecule is CCOc1ccc(C2(F)CC(N)C2)cc1OCC. The van der Waals surface area contributed by atoms with Gasteiger partial charge in [0.1, 0.15) is 5.67 Å². The molecule has 0 atom stereocenters. The van der Waals surface area contributed by atoms with Gasteiger partial charge in [-0.15, -0.1) is 0 Å². The van der Waals surface area contributed by atoms with Crippen molar-refractivity contribution in [1.29, 1.82) is 0 Å². The van der Waals surface area contributed by atoms with Gasteiger partial charge in [-0.3, -0.25) is 0 Å². The van der Waals surface area contributed by atoms with Crippen molar-refractivity contribution in [3.8, 4) is 11.5 Å². The molecule has 0 aromatic heterocycles. The highest BCUT2D eigenvalue weighted by Crippen LogP contribution is 2.46. The van der Waals surface area contributed by atoms with Gasteiger partial charge in [-0.2, -0.15) is 0 Å². The molecule has 0 saturated heterocycles. The average molecular weight is 253 g/mol. The van der Waals surface area contributed by atoms with E-state index in [9.17, 15) is 4.39 Å². The van der Waals surface area contributed by atoms with Crippen LogP contribution >= 0.6 is 0 Å². The van der Waals surface area contributed by atoms with Gasteiger partial charge in [-0.1, -0.05) is 6.07 Å². The van der Waals surface area contributed by atoms with E-state index in [4.69, 9.17) is 15.2 Å². The Bertz CT molecular complexity index is 416. The minimum absolute atomic E-state index is 0.0305. The van der Waals surface area contributed by atoms with Crippen LogP contribution in [0.5, 0.6) is 11.5 Å². The maximum absolute atomic E-state index is 14.5. The van der Waals surface area contributed by atoms with Crippen LogP contribution in [0, 0.1) is 0 Å². The monoisotopic (exact) mass is 253 g/mol. The van der Waals surface area contributed by atoms with Gasteiger partial charge in [-0.05, 0) is 31.5 Å². The summed E-state index contributed by atoms with van der Waals surface area (Å²) in [5, 5.41) is 0. The highest BCUT2D eigenvalue weighted by molar-refractivity contribution is 5.45. The third-order valence-corrected chi connectivity index (χ3v) is 3.23. The number of halogens is 1. The lowest BCUT2D eigenvalue weighted by atomic mass is 9.73. The van der Waals surface area contributed by atoms with E-state index in [2.05, 4.69) is 0 Å². The molecule has 2 N–H and O–H groups in total. The normalized spacial score (nSPS) is 26.6. The fraction of sp³-hybridized carbons (Fsp3) is 0.571. The van der Waals surface area contributed by atoms with Crippen molar-refractivity contribution in [1.82, 2.24) is 0 Å². The molecule has 1 fully saturated rings. The number of alkyl halides is 1. The van der Waals surface area contributed by atoms with Crippen LogP contribution in [0.15, 0.2) is 18.2 Å². The van der Waals surface area contributed by atoms with Gasteiger partial charge in [0.2, 0.25) is 0 Å². The number of nitrogens with two attached hydrogens (primary N) is 1. The zero-order valence-electron chi connectivity index (χ0n) is 10.9. The summed E-state index contributed by atoms with van der Waals surface area (Å²) in [6, 6.07) is 5.24. The first-order valence-electron chi connectivity index (χ1n) is 6.43. The van der Waals surface area contributed by atoms with Crippen molar-refractivity contribution in [2.75, 3.05) is 13.2 Å². The average Bonchev–Trinajstić information content (AvgIpc) is 2.30. The second kappa shape index (κ2) is 5.14. The number of benzene rings is 1. The van der Waals surface area contributed by atoms with E-state index in [0.29, 0.717) is 43.1 Å². The largest absolute Gasteiger partial charge is 0.490 e. The molecule has 1 saturated carbocycles. The van der Waals surface area contributed by atoms with Gasteiger partial charge in [0.25, 0.3) is 0 Å². The van der Waals surface area contributed by atoms with Crippen LogP contribution in [-0.4, -0.2) is 19.3 Å². The summed E-state index contributed by atoms with van der Waals surface area (Å²) in [7, 11) is 0. The molecule has 1 aliphatic rings. The molecule has 0 bridgehead atoms. The van der Waals surface area contributed by atoms with Gasteiger partial charge >= 0.3 is 0 Å². The minimum atomic E-state index is -1.30. The maximum atomic E-state index is 14.5.